The van der Waals surface area contributed by atoms with Gasteiger partial charge in [-0.3, -0.25) is 19.8 Å². The minimum absolute atomic E-state index is 0.0450. The molecule has 182 valence electrons. The van der Waals surface area contributed by atoms with E-state index >= 15 is 0 Å². The van der Waals surface area contributed by atoms with E-state index in [0.717, 1.165) is 10.6 Å². The Kier molecular flexibility index (Phi) is 6.30. The molecule has 1 aliphatic heterocycles. The molecule has 10 heteroatoms. The molecule has 36 heavy (non-hydrogen) atoms. The summed E-state index contributed by atoms with van der Waals surface area (Å²) in [5, 5.41) is 21.0. The number of aromatic carboxylic acids is 2. The van der Waals surface area contributed by atoms with E-state index in [1.165, 1.54) is 36.4 Å². The van der Waals surface area contributed by atoms with Crippen molar-refractivity contribution in [1.29, 1.82) is 0 Å². The quantitative estimate of drug-likeness (QED) is 0.275. The van der Waals surface area contributed by atoms with Gasteiger partial charge in [0.05, 0.1) is 16.8 Å². The maximum absolute atomic E-state index is 13.3. The Bertz CT molecular complexity index is 1500. The summed E-state index contributed by atoms with van der Waals surface area (Å²) in [4.78, 5) is 49.9. The van der Waals surface area contributed by atoms with Gasteiger partial charge in [-0.15, -0.1) is 0 Å². The van der Waals surface area contributed by atoms with Gasteiger partial charge in [0.25, 0.3) is 11.8 Å². The normalized spacial score (nSPS) is 14.8. The van der Waals surface area contributed by atoms with Gasteiger partial charge in [-0.1, -0.05) is 6.07 Å². The minimum Gasteiger partial charge on any atom is -0.478 e. The van der Waals surface area contributed by atoms with Gasteiger partial charge in [0.15, 0.2) is 5.11 Å². The first-order valence-electron chi connectivity index (χ1n) is 10.8. The third-order valence-corrected chi connectivity index (χ3v) is 6.31. The van der Waals surface area contributed by atoms with Crippen molar-refractivity contribution in [3.8, 4) is 5.69 Å². The van der Waals surface area contributed by atoms with Crippen molar-refractivity contribution in [3.05, 3.63) is 87.7 Å². The largest absolute Gasteiger partial charge is 0.478 e. The number of aromatic nitrogens is 1. The Morgan fingerprint density at radius 3 is 2.25 bits per heavy atom. The molecule has 2 amide bonds. The average Bonchev–Trinajstić information content (AvgIpc) is 3.09. The molecule has 0 aliphatic carbocycles. The highest BCUT2D eigenvalue weighted by Crippen LogP contribution is 2.28. The number of amides is 2. The number of carbonyl (C=O) groups excluding carboxylic acids is 2. The van der Waals surface area contributed by atoms with Gasteiger partial charge in [0.1, 0.15) is 5.57 Å². The Morgan fingerprint density at radius 2 is 1.64 bits per heavy atom. The van der Waals surface area contributed by atoms with Gasteiger partial charge in [-0.25, -0.2) is 9.59 Å². The molecule has 1 aromatic heterocycles. The molecule has 1 aliphatic rings. The SMILES string of the molecule is Cc1c(C(=O)O)cccc1-n1c(C)cc(/C=C2\C(=O)NC(=S)N(c3ccc(C(=O)O)cc3)C2=O)c1C. The van der Waals surface area contributed by atoms with Crippen molar-refractivity contribution in [2.45, 2.75) is 20.8 Å². The van der Waals surface area contributed by atoms with Crippen LogP contribution >= 0.6 is 12.2 Å². The molecule has 0 bridgehead atoms. The summed E-state index contributed by atoms with van der Waals surface area (Å²) in [7, 11) is 0. The molecule has 0 radical (unpaired) electrons. The number of nitrogens with zero attached hydrogens (tertiary/aromatic N) is 2. The molecule has 0 spiro atoms. The third kappa shape index (κ3) is 4.18. The van der Waals surface area contributed by atoms with Gasteiger partial charge >= 0.3 is 11.9 Å². The maximum atomic E-state index is 13.3. The number of anilines is 1. The van der Waals surface area contributed by atoms with Gasteiger partial charge < -0.3 is 14.8 Å². The molecule has 0 saturated carbocycles. The molecule has 0 atom stereocenters. The summed E-state index contributed by atoms with van der Waals surface area (Å²) in [6, 6.07) is 12.4. The summed E-state index contributed by atoms with van der Waals surface area (Å²) in [6.45, 7) is 5.38. The third-order valence-electron chi connectivity index (χ3n) is 6.02. The smallest absolute Gasteiger partial charge is 0.336 e. The number of benzene rings is 2. The van der Waals surface area contributed by atoms with E-state index in [-0.39, 0.29) is 21.8 Å². The molecule has 3 N–H and O–H groups in total. The number of carboxylic acid groups (broad SMARTS) is 2. The lowest BCUT2D eigenvalue weighted by Gasteiger charge is -2.29. The predicted octanol–water partition coefficient (Wildman–Crippen LogP) is 3.63. The van der Waals surface area contributed by atoms with Crippen LogP contribution < -0.4 is 10.2 Å². The molecule has 3 aromatic rings. The van der Waals surface area contributed by atoms with Crippen molar-refractivity contribution in [3.63, 3.8) is 0 Å². The van der Waals surface area contributed by atoms with E-state index < -0.39 is 23.8 Å². The number of nitrogens with one attached hydrogen (secondary N) is 1. The zero-order valence-corrected chi connectivity index (χ0v) is 20.3. The van der Waals surface area contributed by atoms with E-state index in [1.807, 2.05) is 18.4 Å². The van der Waals surface area contributed by atoms with Gasteiger partial charge in [0, 0.05) is 17.1 Å². The molecule has 1 fully saturated rings. The lowest BCUT2D eigenvalue weighted by atomic mass is 10.1. The summed E-state index contributed by atoms with van der Waals surface area (Å²) in [5.74, 6) is -3.45. The van der Waals surface area contributed by atoms with E-state index in [9.17, 15) is 24.3 Å². The van der Waals surface area contributed by atoms with Crippen LogP contribution in [-0.2, 0) is 9.59 Å². The zero-order chi connectivity index (χ0) is 26.3. The fourth-order valence-corrected chi connectivity index (χ4v) is 4.48. The van der Waals surface area contributed by atoms with Crippen LogP contribution in [0.3, 0.4) is 0 Å². The van der Waals surface area contributed by atoms with Crippen LogP contribution in [0, 0.1) is 20.8 Å². The second-order valence-corrected chi connectivity index (χ2v) is 8.61. The highest BCUT2D eigenvalue weighted by atomic mass is 32.1. The van der Waals surface area contributed by atoms with Crippen molar-refractivity contribution < 1.29 is 29.4 Å². The van der Waals surface area contributed by atoms with E-state index in [2.05, 4.69) is 5.32 Å². The molecular weight excluding hydrogens is 482 g/mol. The molecule has 2 heterocycles. The van der Waals surface area contributed by atoms with Crippen LogP contribution in [-0.4, -0.2) is 43.6 Å². The molecule has 9 nitrogen and oxygen atoms in total. The Balaban J connectivity index is 1.77. The number of carboxylic acids is 2. The predicted molar refractivity (Wildman–Crippen MR) is 137 cm³/mol. The molecule has 0 unspecified atom stereocenters. The monoisotopic (exact) mass is 503 g/mol. The standard InChI is InChI=1S/C26H21N3O6S/c1-13-11-17(15(3)28(13)21-6-4-5-19(14(21)2)25(34)35)12-20-22(30)27-26(36)29(23(20)31)18-9-7-16(8-10-18)24(32)33/h4-12H,1-3H3,(H,32,33)(H,34,35)(H,27,30,36)/b20-12+. The highest BCUT2D eigenvalue weighted by molar-refractivity contribution is 7.80. The maximum Gasteiger partial charge on any atom is 0.336 e. The van der Waals surface area contributed by atoms with E-state index in [4.69, 9.17) is 17.3 Å². The van der Waals surface area contributed by atoms with Crippen LogP contribution in [0.2, 0.25) is 0 Å². The van der Waals surface area contributed by atoms with E-state index in [1.54, 1.807) is 25.1 Å². The molecular formula is C26H21N3O6S. The number of carbonyl (C=O) groups is 4. The Hall–Kier alpha value is -4.57. The van der Waals surface area contributed by atoms with Crippen molar-refractivity contribution in [2.24, 2.45) is 0 Å². The van der Waals surface area contributed by atoms with Crippen LogP contribution in [0.15, 0.2) is 54.1 Å². The summed E-state index contributed by atoms with van der Waals surface area (Å²) in [5.41, 5.74) is 3.73. The van der Waals surface area contributed by atoms with Crippen LogP contribution in [0.5, 0.6) is 0 Å². The second kappa shape index (κ2) is 9.23. The summed E-state index contributed by atoms with van der Waals surface area (Å²) in [6.07, 6.45) is 1.47. The van der Waals surface area contributed by atoms with Crippen molar-refractivity contribution in [1.82, 2.24) is 9.88 Å². The van der Waals surface area contributed by atoms with Gasteiger partial charge in [-0.05, 0) is 92.7 Å². The lowest BCUT2D eigenvalue weighted by molar-refractivity contribution is -0.122. The summed E-state index contributed by atoms with van der Waals surface area (Å²) >= 11 is 5.20. The number of rotatable bonds is 5. The molecule has 4 rings (SSSR count). The molecule has 2 aromatic carbocycles. The van der Waals surface area contributed by atoms with Crippen molar-refractivity contribution >= 4 is 52.8 Å². The number of hydrogen-bond donors (Lipinski definition) is 3. The van der Waals surface area contributed by atoms with Crippen LogP contribution in [0.1, 0.15) is 43.2 Å². The zero-order valence-electron chi connectivity index (χ0n) is 19.5. The topological polar surface area (TPSA) is 129 Å². The summed E-state index contributed by atoms with van der Waals surface area (Å²) < 4.78 is 1.87. The van der Waals surface area contributed by atoms with Gasteiger partial charge in [0.2, 0.25) is 0 Å². The minimum atomic E-state index is -1.11. The van der Waals surface area contributed by atoms with E-state index in [0.29, 0.717) is 28.2 Å². The Morgan fingerprint density at radius 1 is 0.972 bits per heavy atom. The average molecular weight is 504 g/mol. The fraction of sp³-hybridized carbons (Fsp3) is 0.115. The Labute approximate surface area is 211 Å². The number of thiocarbonyl (C=S) groups is 1. The highest BCUT2D eigenvalue weighted by Gasteiger charge is 2.35. The van der Waals surface area contributed by atoms with Gasteiger partial charge in [-0.2, -0.15) is 0 Å². The van der Waals surface area contributed by atoms with Crippen LogP contribution in [0.25, 0.3) is 11.8 Å². The molecule has 1 saturated heterocycles. The first-order valence-corrected chi connectivity index (χ1v) is 11.2. The van der Waals surface area contributed by atoms with Crippen molar-refractivity contribution in [2.75, 3.05) is 4.90 Å². The number of aryl methyl sites for hydroxylation is 1. The first-order chi connectivity index (χ1) is 17.0. The van der Waals surface area contributed by atoms with Crippen LogP contribution in [0.4, 0.5) is 5.69 Å². The second-order valence-electron chi connectivity index (χ2n) is 8.23. The lowest BCUT2D eigenvalue weighted by Crippen LogP contribution is -2.54. The fourth-order valence-electron chi connectivity index (χ4n) is 4.20. The first kappa shape index (κ1) is 24.6. The number of hydrogen-bond acceptors (Lipinski definition) is 5.